The molecular formula is C18H17BF3NO8. The van der Waals surface area contributed by atoms with Crippen molar-refractivity contribution in [2.24, 2.45) is 0 Å². The highest BCUT2D eigenvalue weighted by molar-refractivity contribution is 6.47. The van der Waals surface area contributed by atoms with E-state index in [1.54, 1.807) is 6.07 Å². The second kappa shape index (κ2) is 8.88. The monoisotopic (exact) mass is 443 g/mol. The summed E-state index contributed by atoms with van der Waals surface area (Å²) in [5.74, 6) is -3.45. The van der Waals surface area contributed by atoms with Gasteiger partial charge in [-0.3, -0.25) is 4.79 Å². The van der Waals surface area contributed by atoms with Gasteiger partial charge in [0.1, 0.15) is 11.3 Å². The number of alkyl halides is 3. The van der Waals surface area contributed by atoms with Crippen LogP contribution in [-0.4, -0.2) is 36.1 Å². The average molecular weight is 443 g/mol. The maximum atomic E-state index is 12.4. The first kappa shape index (κ1) is 22.5. The smallest absolute Gasteiger partial charge is 0.534 e. The van der Waals surface area contributed by atoms with Crippen LogP contribution in [0.4, 0.5) is 13.2 Å². The number of amides is 1. The van der Waals surface area contributed by atoms with Crippen LogP contribution in [0.2, 0.25) is 0 Å². The van der Waals surface area contributed by atoms with Gasteiger partial charge < -0.3 is 28.6 Å². The molecule has 2 heterocycles. The summed E-state index contributed by atoms with van der Waals surface area (Å²) in [6, 6.07) is 4.48. The van der Waals surface area contributed by atoms with E-state index in [0.29, 0.717) is 5.56 Å². The number of carbonyl (C=O) groups is 2. The molecule has 0 radical (unpaired) electrons. The Morgan fingerprint density at radius 1 is 1.32 bits per heavy atom. The molecule has 0 spiro atoms. The van der Waals surface area contributed by atoms with E-state index in [9.17, 15) is 32.6 Å². The molecule has 13 heteroatoms. The van der Waals surface area contributed by atoms with E-state index in [-0.39, 0.29) is 35.9 Å². The molecule has 1 aliphatic heterocycles. The minimum atomic E-state index is -4.47. The van der Waals surface area contributed by atoms with Crippen molar-refractivity contribution in [2.45, 2.75) is 44.9 Å². The van der Waals surface area contributed by atoms with Crippen molar-refractivity contribution in [2.75, 3.05) is 0 Å². The van der Waals surface area contributed by atoms with E-state index in [1.807, 2.05) is 0 Å². The summed E-state index contributed by atoms with van der Waals surface area (Å²) in [6.07, 6.45) is -6.52. The van der Waals surface area contributed by atoms with Crippen molar-refractivity contribution in [1.82, 2.24) is 5.32 Å². The lowest BCUT2D eigenvalue weighted by atomic mass is 9.72. The Hall–Kier alpha value is -3.22. The Bertz CT molecular complexity index is 1030. The molecule has 0 aliphatic carbocycles. The number of ether oxygens (including phenoxy) is 1. The van der Waals surface area contributed by atoms with Gasteiger partial charge in [0.05, 0.1) is 12.4 Å². The van der Waals surface area contributed by atoms with Crippen LogP contribution in [-0.2, 0) is 22.6 Å². The second-order valence-electron chi connectivity index (χ2n) is 6.81. The third kappa shape index (κ3) is 5.69. The summed E-state index contributed by atoms with van der Waals surface area (Å²) in [5, 5.41) is 12.5. The summed E-state index contributed by atoms with van der Waals surface area (Å²) < 4.78 is 56.6. The molecule has 0 saturated carbocycles. The first-order valence-electron chi connectivity index (χ1n) is 9.13. The molecule has 2 N–H and O–H groups in total. The number of aryl methyl sites for hydroxylation is 1. The third-order valence-electron chi connectivity index (χ3n) is 4.49. The average Bonchev–Trinajstić information content (AvgIpc) is 3.01. The predicted octanol–water partition coefficient (Wildman–Crippen LogP) is 1.68. The first-order chi connectivity index (χ1) is 14.5. The van der Waals surface area contributed by atoms with Crippen molar-refractivity contribution in [1.29, 1.82) is 0 Å². The lowest BCUT2D eigenvalue weighted by Gasteiger charge is -2.29. The van der Waals surface area contributed by atoms with Crippen molar-refractivity contribution in [3.63, 3.8) is 0 Å². The number of benzene rings is 1. The number of para-hydroxylation sites is 1. The first-order valence-corrected chi connectivity index (χ1v) is 9.13. The number of carbonyl (C=O) groups excluding carboxylic acids is 2. The Kier molecular flexibility index (Phi) is 6.44. The van der Waals surface area contributed by atoms with Gasteiger partial charge in [0, 0.05) is 6.42 Å². The van der Waals surface area contributed by atoms with Crippen molar-refractivity contribution in [3.05, 3.63) is 51.5 Å². The van der Waals surface area contributed by atoms with Crippen molar-refractivity contribution < 1.29 is 46.0 Å². The SMILES string of the molecule is Cc1oc(=O)oc1COC(=O)c1cccc2c1OB(O)[C@@H](NC(=O)CCC(F)(F)F)C2. The maximum Gasteiger partial charge on any atom is 0.547 e. The zero-order valence-corrected chi connectivity index (χ0v) is 16.2. The quantitative estimate of drug-likeness (QED) is 0.510. The van der Waals surface area contributed by atoms with E-state index < -0.39 is 49.8 Å². The van der Waals surface area contributed by atoms with Gasteiger partial charge in [0.2, 0.25) is 5.91 Å². The number of hydrogen-bond donors (Lipinski definition) is 2. The van der Waals surface area contributed by atoms with Gasteiger partial charge in [-0.2, -0.15) is 13.2 Å². The molecule has 2 aromatic rings. The Labute approximate surface area is 173 Å². The Morgan fingerprint density at radius 3 is 2.71 bits per heavy atom. The lowest BCUT2D eigenvalue weighted by molar-refractivity contribution is -0.144. The topological polar surface area (TPSA) is 128 Å². The highest BCUT2D eigenvalue weighted by atomic mass is 19.4. The minimum absolute atomic E-state index is 0.0189. The number of esters is 1. The Morgan fingerprint density at radius 2 is 2.06 bits per heavy atom. The largest absolute Gasteiger partial charge is 0.547 e. The summed E-state index contributed by atoms with van der Waals surface area (Å²) >= 11 is 0. The van der Waals surface area contributed by atoms with Gasteiger partial charge in [-0.15, -0.1) is 0 Å². The zero-order chi connectivity index (χ0) is 22.8. The molecule has 1 aliphatic rings. The molecule has 9 nitrogen and oxygen atoms in total. The van der Waals surface area contributed by atoms with Crippen LogP contribution in [0.1, 0.15) is 40.3 Å². The highest BCUT2D eigenvalue weighted by Crippen LogP contribution is 2.31. The van der Waals surface area contributed by atoms with Crippen molar-refractivity contribution in [3.8, 4) is 5.75 Å². The van der Waals surface area contributed by atoms with Crippen LogP contribution in [0.25, 0.3) is 0 Å². The molecule has 166 valence electrons. The van der Waals surface area contributed by atoms with Crippen LogP contribution >= 0.6 is 0 Å². The van der Waals surface area contributed by atoms with E-state index in [0.717, 1.165) is 0 Å². The fourth-order valence-electron chi connectivity index (χ4n) is 2.96. The fourth-order valence-corrected chi connectivity index (χ4v) is 2.96. The lowest BCUT2D eigenvalue weighted by Crippen LogP contribution is -2.53. The Balaban J connectivity index is 1.67. The third-order valence-corrected chi connectivity index (χ3v) is 4.49. The molecule has 0 fully saturated rings. The molecule has 1 atom stereocenters. The highest BCUT2D eigenvalue weighted by Gasteiger charge is 2.38. The number of halogens is 3. The van der Waals surface area contributed by atoms with Gasteiger partial charge in [0.25, 0.3) is 0 Å². The molecule has 1 amide bonds. The van der Waals surface area contributed by atoms with Gasteiger partial charge in [0.15, 0.2) is 18.1 Å². The number of hydrogen-bond acceptors (Lipinski definition) is 8. The summed E-state index contributed by atoms with van der Waals surface area (Å²) in [6.45, 7) is 1.08. The fraction of sp³-hybridized carbons (Fsp3) is 0.389. The van der Waals surface area contributed by atoms with E-state index >= 15 is 0 Å². The van der Waals surface area contributed by atoms with Crippen LogP contribution < -0.4 is 15.8 Å². The molecule has 1 aromatic carbocycles. The minimum Gasteiger partial charge on any atom is -0.534 e. The van der Waals surface area contributed by atoms with E-state index in [2.05, 4.69) is 9.73 Å². The van der Waals surface area contributed by atoms with Crippen LogP contribution in [0.15, 0.2) is 31.8 Å². The normalized spacial score (nSPS) is 15.8. The standard InChI is InChI=1S/C18H17BF3NO8/c1-9-12(30-17(26)29-9)8-28-16(25)11-4-2-3-10-7-13(19(27)31-15(10)11)23-14(24)5-6-18(20,21)22/h2-4,13,27H,5-8H2,1H3,(H,23,24)/t13-/m0/s1. The zero-order valence-electron chi connectivity index (χ0n) is 16.2. The summed E-state index contributed by atoms with van der Waals surface area (Å²) in [5.41, 5.74) is 0.411. The van der Waals surface area contributed by atoms with E-state index in [4.69, 9.17) is 13.8 Å². The van der Waals surface area contributed by atoms with Crippen LogP contribution in [0.5, 0.6) is 5.75 Å². The van der Waals surface area contributed by atoms with Gasteiger partial charge in [-0.05, 0) is 25.0 Å². The van der Waals surface area contributed by atoms with E-state index in [1.165, 1.54) is 19.1 Å². The maximum absolute atomic E-state index is 12.4. The summed E-state index contributed by atoms with van der Waals surface area (Å²) in [7, 11) is -1.59. The molecule has 31 heavy (non-hydrogen) atoms. The number of nitrogens with one attached hydrogen (secondary N) is 1. The molecule has 0 saturated heterocycles. The number of fused-ring (bicyclic) bond motifs is 1. The molecule has 0 bridgehead atoms. The second-order valence-corrected chi connectivity index (χ2v) is 6.81. The predicted molar refractivity (Wildman–Crippen MR) is 97.1 cm³/mol. The van der Waals surface area contributed by atoms with Gasteiger partial charge in [-0.25, -0.2) is 9.59 Å². The van der Waals surface area contributed by atoms with Crippen LogP contribution in [0.3, 0.4) is 0 Å². The van der Waals surface area contributed by atoms with Gasteiger partial charge >= 0.3 is 25.1 Å². The van der Waals surface area contributed by atoms with Crippen LogP contribution in [0, 0.1) is 6.92 Å². The molecular weight excluding hydrogens is 426 g/mol. The van der Waals surface area contributed by atoms with Crippen molar-refractivity contribution >= 4 is 19.0 Å². The molecule has 0 unspecified atom stereocenters. The molecule has 3 rings (SSSR count). The van der Waals surface area contributed by atoms with Gasteiger partial charge in [-0.1, -0.05) is 12.1 Å². The number of rotatable bonds is 6. The summed E-state index contributed by atoms with van der Waals surface area (Å²) in [4.78, 5) is 35.2. The molecule has 1 aromatic heterocycles.